The average Bonchev–Trinajstić information content (AvgIpc) is 2.02. The minimum Gasteiger partial charge on any atom is -0.377 e. The quantitative estimate of drug-likeness (QED) is 0.686. The van der Waals surface area contributed by atoms with E-state index < -0.39 is 0 Å². The van der Waals surface area contributed by atoms with E-state index in [2.05, 4.69) is 6.92 Å². The molecule has 2 nitrogen and oxygen atoms in total. The van der Waals surface area contributed by atoms with Crippen LogP contribution in [-0.2, 0) is 4.74 Å². The molecule has 1 atom stereocenters. The largest absolute Gasteiger partial charge is 0.377 e. The molecule has 12 heavy (non-hydrogen) atoms. The third-order valence-electron chi connectivity index (χ3n) is 3.32. The van der Waals surface area contributed by atoms with Crippen LogP contribution < -0.4 is 5.73 Å². The molecule has 1 fully saturated rings. The van der Waals surface area contributed by atoms with Crippen molar-refractivity contribution < 1.29 is 4.74 Å². The van der Waals surface area contributed by atoms with E-state index in [1.54, 1.807) is 0 Å². The van der Waals surface area contributed by atoms with Crippen LogP contribution in [0.1, 0.15) is 39.5 Å². The highest BCUT2D eigenvalue weighted by molar-refractivity contribution is 4.93. The van der Waals surface area contributed by atoms with E-state index in [1.165, 1.54) is 25.7 Å². The maximum atomic E-state index is 5.70. The number of rotatable bonds is 5. The Morgan fingerprint density at radius 3 is 2.33 bits per heavy atom. The fourth-order valence-electron chi connectivity index (χ4n) is 2.23. The predicted molar refractivity (Wildman–Crippen MR) is 51.0 cm³/mol. The van der Waals surface area contributed by atoms with Gasteiger partial charge in [-0.1, -0.05) is 13.3 Å². The van der Waals surface area contributed by atoms with Crippen LogP contribution in [0.4, 0.5) is 0 Å². The Morgan fingerprint density at radius 2 is 2.08 bits per heavy atom. The summed E-state index contributed by atoms with van der Waals surface area (Å²) in [6.07, 6.45) is 5.50. The predicted octanol–water partition coefficient (Wildman–Crippen LogP) is 1.93. The highest BCUT2D eigenvalue weighted by Crippen LogP contribution is 2.47. The van der Waals surface area contributed by atoms with Gasteiger partial charge in [0.2, 0.25) is 0 Å². The van der Waals surface area contributed by atoms with E-state index >= 15 is 0 Å². The van der Waals surface area contributed by atoms with E-state index in [0.717, 1.165) is 6.61 Å². The molecular formula is C10H21NO. The van der Waals surface area contributed by atoms with Gasteiger partial charge in [-0.3, -0.25) is 0 Å². The molecule has 0 spiro atoms. The van der Waals surface area contributed by atoms with Crippen molar-refractivity contribution in [3.8, 4) is 0 Å². The lowest BCUT2D eigenvalue weighted by atomic mass is 9.63. The van der Waals surface area contributed by atoms with Gasteiger partial charge >= 0.3 is 0 Å². The Balaban J connectivity index is 2.49. The number of hydrogen-bond donors (Lipinski definition) is 1. The van der Waals surface area contributed by atoms with Crippen LogP contribution >= 0.6 is 0 Å². The van der Waals surface area contributed by atoms with Gasteiger partial charge in [-0.2, -0.15) is 0 Å². The van der Waals surface area contributed by atoms with Gasteiger partial charge in [0, 0.05) is 13.2 Å². The molecule has 1 aliphatic carbocycles. The molecule has 0 aliphatic heterocycles. The molecule has 2 heteroatoms. The molecule has 0 amide bonds. The number of ether oxygens (including phenoxy) is 1. The summed E-state index contributed by atoms with van der Waals surface area (Å²) in [6.45, 7) is 5.77. The Labute approximate surface area is 75.5 Å². The summed E-state index contributed by atoms with van der Waals surface area (Å²) in [6, 6.07) is 0. The second kappa shape index (κ2) is 4.24. The minimum atomic E-state index is 0.307. The van der Waals surface area contributed by atoms with E-state index in [9.17, 15) is 0 Å². The third-order valence-corrected chi connectivity index (χ3v) is 3.32. The Morgan fingerprint density at radius 1 is 1.42 bits per heavy atom. The van der Waals surface area contributed by atoms with Crippen molar-refractivity contribution >= 4 is 0 Å². The molecule has 2 N–H and O–H groups in total. The summed E-state index contributed by atoms with van der Waals surface area (Å²) in [5.74, 6) is 0. The van der Waals surface area contributed by atoms with Crippen LogP contribution in [0.25, 0.3) is 0 Å². The molecular weight excluding hydrogens is 150 g/mol. The molecule has 0 aromatic carbocycles. The average molecular weight is 171 g/mol. The SMILES string of the molecule is CCOC(CN)C1(CC)CCC1. The van der Waals surface area contributed by atoms with Gasteiger partial charge in [0.15, 0.2) is 0 Å². The molecule has 0 aromatic rings. The van der Waals surface area contributed by atoms with Crippen LogP contribution in [0.2, 0.25) is 0 Å². The van der Waals surface area contributed by atoms with Crippen LogP contribution in [0.3, 0.4) is 0 Å². The molecule has 72 valence electrons. The smallest absolute Gasteiger partial charge is 0.0753 e. The molecule has 1 rings (SSSR count). The first-order chi connectivity index (χ1) is 5.79. The van der Waals surface area contributed by atoms with Gasteiger partial charge in [0.1, 0.15) is 0 Å². The van der Waals surface area contributed by atoms with Crippen molar-refractivity contribution in [1.29, 1.82) is 0 Å². The molecule has 0 radical (unpaired) electrons. The van der Waals surface area contributed by atoms with Crippen molar-refractivity contribution in [1.82, 2.24) is 0 Å². The summed E-state index contributed by atoms with van der Waals surface area (Å²) < 4.78 is 5.66. The summed E-state index contributed by atoms with van der Waals surface area (Å²) in [7, 11) is 0. The number of hydrogen-bond acceptors (Lipinski definition) is 2. The first-order valence-electron chi connectivity index (χ1n) is 5.10. The normalized spacial score (nSPS) is 23.2. The number of nitrogens with two attached hydrogens (primary N) is 1. The highest BCUT2D eigenvalue weighted by Gasteiger charge is 2.42. The molecule has 0 bridgehead atoms. The van der Waals surface area contributed by atoms with Gasteiger partial charge in [0.25, 0.3) is 0 Å². The molecule has 0 aromatic heterocycles. The van der Waals surface area contributed by atoms with Crippen molar-refractivity contribution in [2.75, 3.05) is 13.2 Å². The maximum absolute atomic E-state index is 5.70. The summed E-state index contributed by atoms with van der Waals surface area (Å²) >= 11 is 0. The Bertz CT molecular complexity index is 126. The zero-order chi connectivity index (χ0) is 9.03. The van der Waals surface area contributed by atoms with Gasteiger partial charge in [0.05, 0.1) is 6.10 Å². The zero-order valence-corrected chi connectivity index (χ0v) is 8.31. The van der Waals surface area contributed by atoms with Crippen molar-refractivity contribution in [2.45, 2.75) is 45.6 Å². The van der Waals surface area contributed by atoms with Gasteiger partial charge < -0.3 is 10.5 Å². The molecule has 1 aliphatic rings. The van der Waals surface area contributed by atoms with Gasteiger partial charge in [-0.25, -0.2) is 0 Å². The van der Waals surface area contributed by atoms with E-state index in [0.29, 0.717) is 18.1 Å². The maximum Gasteiger partial charge on any atom is 0.0753 e. The van der Waals surface area contributed by atoms with Gasteiger partial charge in [-0.15, -0.1) is 0 Å². The summed E-state index contributed by atoms with van der Waals surface area (Å²) in [4.78, 5) is 0. The third kappa shape index (κ3) is 1.64. The van der Waals surface area contributed by atoms with Crippen molar-refractivity contribution in [2.24, 2.45) is 11.1 Å². The minimum absolute atomic E-state index is 0.307. The van der Waals surface area contributed by atoms with Crippen LogP contribution in [0, 0.1) is 5.41 Å². The van der Waals surface area contributed by atoms with Gasteiger partial charge in [-0.05, 0) is 31.6 Å². The van der Waals surface area contributed by atoms with Crippen molar-refractivity contribution in [3.05, 3.63) is 0 Å². The van der Waals surface area contributed by atoms with Crippen LogP contribution in [0.15, 0.2) is 0 Å². The zero-order valence-electron chi connectivity index (χ0n) is 8.31. The fraction of sp³-hybridized carbons (Fsp3) is 1.00. The second-order valence-electron chi connectivity index (χ2n) is 3.75. The second-order valence-corrected chi connectivity index (χ2v) is 3.75. The lowest BCUT2D eigenvalue weighted by Crippen LogP contribution is -2.46. The Hall–Kier alpha value is -0.0800. The summed E-state index contributed by atoms with van der Waals surface area (Å²) in [5, 5.41) is 0. The van der Waals surface area contributed by atoms with E-state index in [-0.39, 0.29) is 0 Å². The molecule has 1 saturated carbocycles. The lowest BCUT2D eigenvalue weighted by Gasteiger charge is -2.46. The highest BCUT2D eigenvalue weighted by atomic mass is 16.5. The van der Waals surface area contributed by atoms with Crippen LogP contribution in [0.5, 0.6) is 0 Å². The lowest BCUT2D eigenvalue weighted by molar-refractivity contribution is -0.0748. The monoisotopic (exact) mass is 171 g/mol. The van der Waals surface area contributed by atoms with Crippen LogP contribution in [-0.4, -0.2) is 19.3 Å². The standard InChI is InChI=1S/C10H21NO/c1-3-10(6-5-7-10)9(8-11)12-4-2/h9H,3-8,11H2,1-2H3. The summed E-state index contributed by atoms with van der Waals surface area (Å²) in [5.41, 5.74) is 6.14. The van der Waals surface area contributed by atoms with E-state index in [4.69, 9.17) is 10.5 Å². The molecule has 0 heterocycles. The van der Waals surface area contributed by atoms with Crippen molar-refractivity contribution in [3.63, 3.8) is 0 Å². The van der Waals surface area contributed by atoms with E-state index in [1.807, 2.05) is 6.92 Å². The molecule has 0 saturated heterocycles. The first-order valence-corrected chi connectivity index (χ1v) is 5.10. The topological polar surface area (TPSA) is 35.2 Å². The fourth-order valence-corrected chi connectivity index (χ4v) is 2.23. The Kier molecular flexibility index (Phi) is 3.53. The first kappa shape index (κ1) is 10.0. The molecule has 1 unspecified atom stereocenters.